The lowest BCUT2D eigenvalue weighted by Crippen LogP contribution is -2.33. The quantitative estimate of drug-likeness (QED) is 0.836. The average Bonchev–Trinajstić information content (AvgIpc) is 3.20. The van der Waals surface area contributed by atoms with Crippen LogP contribution in [0.1, 0.15) is 26.7 Å². The summed E-state index contributed by atoms with van der Waals surface area (Å²) < 4.78 is 0. The van der Waals surface area contributed by atoms with Crippen LogP contribution in [0.3, 0.4) is 0 Å². The third kappa shape index (κ3) is 2.35. The fraction of sp³-hybridized carbons (Fsp3) is 0.467. The van der Waals surface area contributed by atoms with Crippen molar-refractivity contribution in [3.8, 4) is 0 Å². The van der Waals surface area contributed by atoms with Crippen LogP contribution in [-0.4, -0.2) is 22.6 Å². The number of nitrogens with one attached hydrogen (secondary N) is 1. The zero-order valence-corrected chi connectivity index (χ0v) is 11.9. The third-order valence-corrected chi connectivity index (χ3v) is 3.87. The maximum absolute atomic E-state index is 11.8. The number of aromatic amines is 1. The van der Waals surface area contributed by atoms with Gasteiger partial charge in [-0.25, -0.2) is 4.98 Å². The highest BCUT2D eigenvalue weighted by Crippen LogP contribution is 2.35. The second-order valence-electron chi connectivity index (χ2n) is 5.85. The molecule has 0 bridgehead atoms. The van der Waals surface area contributed by atoms with Crippen LogP contribution >= 0.6 is 0 Å². The molecule has 1 heterocycles. The molecule has 0 unspecified atom stereocenters. The van der Waals surface area contributed by atoms with Crippen molar-refractivity contribution in [1.29, 1.82) is 0 Å². The Balaban J connectivity index is 2.09. The predicted molar refractivity (Wildman–Crippen MR) is 82.0 cm³/mol. The Morgan fingerprint density at radius 3 is 2.85 bits per heavy atom. The van der Waals surface area contributed by atoms with Crippen LogP contribution in [0.4, 0.5) is 11.4 Å². The fourth-order valence-electron chi connectivity index (χ4n) is 2.54. The lowest BCUT2D eigenvalue weighted by molar-refractivity contribution is 0.646. The number of nitrogen functional groups attached to an aromatic ring is 1. The number of nitrogens with two attached hydrogens (primary N) is 1. The average molecular weight is 272 g/mol. The van der Waals surface area contributed by atoms with E-state index in [1.807, 2.05) is 6.07 Å². The molecule has 1 fully saturated rings. The number of anilines is 2. The lowest BCUT2D eigenvalue weighted by Gasteiger charge is -2.30. The summed E-state index contributed by atoms with van der Waals surface area (Å²) in [5.41, 5.74) is 8.34. The van der Waals surface area contributed by atoms with Gasteiger partial charge in [0, 0.05) is 12.6 Å². The number of aromatic nitrogens is 2. The molecule has 0 amide bonds. The Morgan fingerprint density at radius 1 is 1.45 bits per heavy atom. The Morgan fingerprint density at radius 2 is 2.20 bits per heavy atom. The van der Waals surface area contributed by atoms with E-state index in [4.69, 9.17) is 5.73 Å². The molecule has 0 aliphatic heterocycles. The molecule has 5 nitrogen and oxygen atoms in total. The topological polar surface area (TPSA) is 75.0 Å². The first-order valence-electron chi connectivity index (χ1n) is 7.10. The van der Waals surface area contributed by atoms with Gasteiger partial charge in [0.2, 0.25) is 0 Å². The molecule has 3 N–H and O–H groups in total. The molecule has 1 saturated carbocycles. The van der Waals surface area contributed by atoms with E-state index in [2.05, 4.69) is 28.7 Å². The van der Waals surface area contributed by atoms with Crippen LogP contribution < -0.4 is 16.2 Å². The Hall–Kier alpha value is -2.04. The van der Waals surface area contributed by atoms with Crippen molar-refractivity contribution in [1.82, 2.24) is 9.97 Å². The van der Waals surface area contributed by atoms with Gasteiger partial charge in [-0.3, -0.25) is 4.79 Å². The normalized spacial score (nSPS) is 14.9. The summed E-state index contributed by atoms with van der Waals surface area (Å²) in [6.07, 6.45) is 4.04. The standard InChI is InChI=1S/C15H20N4O/c1-9(2)19(7-10-3-4-10)14-6-13-11(5-12(14)16)15(20)18-8-17-13/h5-6,8-10H,3-4,7,16H2,1-2H3,(H,17,18,20). The molecule has 106 valence electrons. The van der Waals surface area contributed by atoms with E-state index < -0.39 is 0 Å². The van der Waals surface area contributed by atoms with E-state index in [1.165, 1.54) is 19.2 Å². The predicted octanol–water partition coefficient (Wildman–Crippen LogP) is 2.13. The van der Waals surface area contributed by atoms with E-state index in [0.29, 0.717) is 22.6 Å². The van der Waals surface area contributed by atoms with Gasteiger partial charge in [-0.1, -0.05) is 0 Å². The van der Waals surface area contributed by atoms with Crippen LogP contribution in [0.15, 0.2) is 23.3 Å². The Kier molecular flexibility index (Phi) is 3.12. The first-order chi connectivity index (χ1) is 9.56. The van der Waals surface area contributed by atoms with Crippen molar-refractivity contribution in [3.05, 3.63) is 28.8 Å². The minimum Gasteiger partial charge on any atom is -0.397 e. The smallest absolute Gasteiger partial charge is 0.258 e. The number of fused-ring (bicyclic) bond motifs is 1. The van der Waals surface area contributed by atoms with E-state index in [-0.39, 0.29) is 5.56 Å². The zero-order chi connectivity index (χ0) is 14.3. The van der Waals surface area contributed by atoms with E-state index in [9.17, 15) is 4.79 Å². The maximum Gasteiger partial charge on any atom is 0.258 e. The molecule has 2 aromatic rings. The highest BCUT2D eigenvalue weighted by molar-refractivity contribution is 5.88. The highest BCUT2D eigenvalue weighted by Gasteiger charge is 2.26. The van der Waals surface area contributed by atoms with Gasteiger partial charge in [0.15, 0.2) is 0 Å². The molecule has 3 rings (SSSR count). The molecule has 0 atom stereocenters. The summed E-state index contributed by atoms with van der Waals surface area (Å²) in [6.45, 7) is 5.35. The van der Waals surface area contributed by atoms with E-state index >= 15 is 0 Å². The third-order valence-electron chi connectivity index (χ3n) is 3.87. The van der Waals surface area contributed by atoms with Gasteiger partial charge in [-0.15, -0.1) is 0 Å². The summed E-state index contributed by atoms with van der Waals surface area (Å²) in [5, 5.41) is 0.545. The largest absolute Gasteiger partial charge is 0.397 e. The first-order valence-corrected chi connectivity index (χ1v) is 7.10. The molecule has 5 heteroatoms. The molecule has 20 heavy (non-hydrogen) atoms. The van der Waals surface area contributed by atoms with E-state index in [0.717, 1.165) is 18.2 Å². The van der Waals surface area contributed by atoms with Crippen LogP contribution in [-0.2, 0) is 0 Å². The van der Waals surface area contributed by atoms with Crippen molar-refractivity contribution in [3.63, 3.8) is 0 Å². The van der Waals surface area contributed by atoms with Gasteiger partial charge in [-0.05, 0) is 44.7 Å². The van der Waals surface area contributed by atoms with Crippen LogP contribution in [0.5, 0.6) is 0 Å². The number of hydrogen-bond donors (Lipinski definition) is 2. The molecular weight excluding hydrogens is 252 g/mol. The summed E-state index contributed by atoms with van der Waals surface area (Å²) >= 11 is 0. The van der Waals surface area contributed by atoms with Gasteiger partial charge < -0.3 is 15.6 Å². The zero-order valence-electron chi connectivity index (χ0n) is 11.9. The molecular formula is C15H20N4O. The van der Waals surface area contributed by atoms with Crippen molar-refractivity contribution < 1.29 is 0 Å². The van der Waals surface area contributed by atoms with Gasteiger partial charge >= 0.3 is 0 Å². The summed E-state index contributed by atoms with van der Waals surface area (Å²) in [6, 6.07) is 4.04. The highest BCUT2D eigenvalue weighted by atomic mass is 16.1. The van der Waals surface area contributed by atoms with Crippen LogP contribution in [0.2, 0.25) is 0 Å². The molecule has 1 aromatic heterocycles. The SMILES string of the molecule is CC(C)N(CC1CC1)c1cc2nc[nH]c(=O)c2cc1N. The van der Waals surface area contributed by atoms with Crippen molar-refractivity contribution >= 4 is 22.3 Å². The summed E-state index contributed by atoms with van der Waals surface area (Å²) in [7, 11) is 0. The van der Waals surface area contributed by atoms with Gasteiger partial charge in [-0.2, -0.15) is 0 Å². The first kappa shape index (κ1) is 13.0. The van der Waals surface area contributed by atoms with Crippen molar-refractivity contribution in [2.75, 3.05) is 17.2 Å². The molecule has 1 aromatic carbocycles. The Bertz CT molecular complexity index is 688. The minimum absolute atomic E-state index is 0.147. The number of nitrogens with zero attached hydrogens (tertiary/aromatic N) is 2. The van der Waals surface area contributed by atoms with Gasteiger partial charge in [0.05, 0.1) is 28.6 Å². The molecule has 0 saturated heterocycles. The summed E-state index contributed by atoms with van der Waals surface area (Å²) in [5.74, 6) is 0.777. The van der Waals surface area contributed by atoms with Crippen molar-refractivity contribution in [2.45, 2.75) is 32.7 Å². The van der Waals surface area contributed by atoms with Gasteiger partial charge in [0.1, 0.15) is 0 Å². The van der Waals surface area contributed by atoms with E-state index in [1.54, 1.807) is 6.07 Å². The molecule has 0 radical (unpaired) electrons. The fourth-order valence-corrected chi connectivity index (χ4v) is 2.54. The number of benzene rings is 1. The van der Waals surface area contributed by atoms with Crippen molar-refractivity contribution in [2.24, 2.45) is 5.92 Å². The molecule has 1 aliphatic rings. The number of H-pyrrole nitrogens is 1. The number of rotatable bonds is 4. The van der Waals surface area contributed by atoms with Crippen LogP contribution in [0, 0.1) is 5.92 Å². The summed E-state index contributed by atoms with van der Waals surface area (Å²) in [4.78, 5) is 20.9. The molecule has 1 aliphatic carbocycles. The maximum atomic E-state index is 11.8. The lowest BCUT2D eigenvalue weighted by atomic mass is 10.1. The monoisotopic (exact) mass is 272 g/mol. The van der Waals surface area contributed by atoms with Crippen LogP contribution in [0.25, 0.3) is 10.9 Å². The molecule has 0 spiro atoms. The second kappa shape index (κ2) is 4.81. The van der Waals surface area contributed by atoms with Gasteiger partial charge in [0.25, 0.3) is 5.56 Å². The Labute approximate surface area is 117 Å². The minimum atomic E-state index is -0.147. The number of hydrogen-bond acceptors (Lipinski definition) is 4. The second-order valence-corrected chi connectivity index (χ2v) is 5.85.